The molecule has 0 aliphatic carbocycles. The van der Waals surface area contributed by atoms with Crippen LogP contribution in [0.1, 0.15) is 37.5 Å². The van der Waals surface area contributed by atoms with Crippen molar-refractivity contribution in [1.82, 2.24) is 0 Å². The second kappa shape index (κ2) is 4.77. The van der Waals surface area contributed by atoms with Gasteiger partial charge in [-0.15, -0.1) is 0 Å². The number of nitriles is 1. The molecule has 1 aromatic carbocycles. The minimum atomic E-state index is -0.492. The third-order valence-corrected chi connectivity index (χ3v) is 3.37. The van der Waals surface area contributed by atoms with Crippen LogP contribution in [0.4, 0.5) is 5.69 Å². The van der Waals surface area contributed by atoms with Gasteiger partial charge in [0.2, 0.25) is 0 Å². The number of anilines is 1. The molecular formula is C14H18N2O. The van der Waals surface area contributed by atoms with E-state index >= 15 is 0 Å². The SMILES string of the molecule is CC1CCN(c2cc(C#N)ccc2C(C)O)C1. The Morgan fingerprint density at radius 2 is 2.29 bits per heavy atom. The van der Waals surface area contributed by atoms with Crippen molar-refractivity contribution < 1.29 is 5.11 Å². The first kappa shape index (κ1) is 11.9. The van der Waals surface area contributed by atoms with Gasteiger partial charge >= 0.3 is 0 Å². The molecule has 0 spiro atoms. The molecule has 0 aromatic heterocycles. The summed E-state index contributed by atoms with van der Waals surface area (Å²) in [5, 5.41) is 18.7. The van der Waals surface area contributed by atoms with Gasteiger partial charge < -0.3 is 10.0 Å². The Bertz CT molecular complexity index is 448. The van der Waals surface area contributed by atoms with E-state index in [1.165, 1.54) is 6.42 Å². The lowest BCUT2D eigenvalue weighted by atomic mass is 10.0. The largest absolute Gasteiger partial charge is 0.389 e. The number of aliphatic hydroxyl groups is 1. The van der Waals surface area contributed by atoms with E-state index in [0.717, 1.165) is 24.3 Å². The standard InChI is InChI=1S/C14H18N2O/c1-10-5-6-16(9-10)14-7-12(8-15)3-4-13(14)11(2)17/h3-4,7,10-11,17H,5-6,9H2,1-2H3. The fourth-order valence-corrected chi connectivity index (χ4v) is 2.39. The highest BCUT2D eigenvalue weighted by Gasteiger charge is 2.22. The summed E-state index contributed by atoms with van der Waals surface area (Å²) in [4.78, 5) is 2.27. The number of aliphatic hydroxyl groups excluding tert-OH is 1. The molecule has 1 aliphatic heterocycles. The summed E-state index contributed by atoms with van der Waals surface area (Å²) in [6.07, 6.45) is 0.685. The van der Waals surface area contributed by atoms with Gasteiger partial charge in [-0.3, -0.25) is 0 Å². The average Bonchev–Trinajstić information content (AvgIpc) is 2.75. The number of hydrogen-bond donors (Lipinski definition) is 1. The summed E-state index contributed by atoms with van der Waals surface area (Å²) >= 11 is 0. The van der Waals surface area contributed by atoms with Gasteiger partial charge in [-0.25, -0.2) is 0 Å². The predicted octanol–water partition coefficient (Wildman–Crippen LogP) is 2.46. The van der Waals surface area contributed by atoms with Crippen LogP contribution in [0.5, 0.6) is 0 Å². The fraction of sp³-hybridized carbons (Fsp3) is 0.500. The quantitative estimate of drug-likeness (QED) is 0.849. The third kappa shape index (κ3) is 2.42. The summed E-state index contributed by atoms with van der Waals surface area (Å²) < 4.78 is 0. The zero-order valence-electron chi connectivity index (χ0n) is 10.3. The molecule has 3 heteroatoms. The summed E-state index contributed by atoms with van der Waals surface area (Å²) in [6.45, 7) is 6.02. The Kier molecular flexibility index (Phi) is 3.35. The molecular weight excluding hydrogens is 212 g/mol. The van der Waals surface area contributed by atoms with E-state index in [9.17, 15) is 5.11 Å². The van der Waals surface area contributed by atoms with Gasteiger partial charge in [0.15, 0.2) is 0 Å². The Morgan fingerprint density at radius 3 is 2.82 bits per heavy atom. The van der Waals surface area contributed by atoms with Gasteiger partial charge in [0.1, 0.15) is 0 Å². The van der Waals surface area contributed by atoms with E-state index in [1.54, 1.807) is 13.0 Å². The summed E-state index contributed by atoms with van der Waals surface area (Å²) in [5.74, 6) is 0.683. The highest BCUT2D eigenvalue weighted by atomic mass is 16.3. The second-order valence-electron chi connectivity index (χ2n) is 4.90. The first-order valence-corrected chi connectivity index (χ1v) is 6.09. The monoisotopic (exact) mass is 230 g/mol. The molecule has 1 aliphatic rings. The Balaban J connectivity index is 2.39. The predicted molar refractivity (Wildman–Crippen MR) is 67.8 cm³/mol. The van der Waals surface area contributed by atoms with E-state index < -0.39 is 6.10 Å². The Hall–Kier alpha value is -1.53. The van der Waals surface area contributed by atoms with Gasteiger partial charge in [-0.1, -0.05) is 13.0 Å². The molecule has 0 radical (unpaired) electrons. The summed E-state index contributed by atoms with van der Waals surface area (Å²) in [7, 11) is 0. The minimum Gasteiger partial charge on any atom is -0.389 e. The molecule has 2 rings (SSSR count). The van der Waals surface area contributed by atoms with Gasteiger partial charge in [0.25, 0.3) is 0 Å². The molecule has 0 amide bonds. The number of hydrogen-bond acceptors (Lipinski definition) is 3. The lowest BCUT2D eigenvalue weighted by molar-refractivity contribution is 0.199. The number of rotatable bonds is 2. The van der Waals surface area contributed by atoms with Crippen LogP contribution in [0.2, 0.25) is 0 Å². The lowest BCUT2D eigenvalue weighted by Gasteiger charge is -2.23. The van der Waals surface area contributed by atoms with Crippen molar-refractivity contribution in [3.63, 3.8) is 0 Å². The average molecular weight is 230 g/mol. The molecule has 2 unspecified atom stereocenters. The van der Waals surface area contributed by atoms with E-state index in [1.807, 2.05) is 12.1 Å². The molecule has 1 aromatic rings. The van der Waals surface area contributed by atoms with Crippen LogP contribution in [0.15, 0.2) is 18.2 Å². The topological polar surface area (TPSA) is 47.3 Å². The van der Waals surface area contributed by atoms with Crippen molar-refractivity contribution in [2.45, 2.75) is 26.4 Å². The highest BCUT2D eigenvalue weighted by Crippen LogP contribution is 2.31. The van der Waals surface area contributed by atoms with Crippen molar-refractivity contribution in [3.8, 4) is 6.07 Å². The van der Waals surface area contributed by atoms with Crippen molar-refractivity contribution in [1.29, 1.82) is 5.26 Å². The zero-order chi connectivity index (χ0) is 12.4. The molecule has 1 saturated heterocycles. The van der Waals surface area contributed by atoms with Gasteiger partial charge in [-0.2, -0.15) is 5.26 Å². The van der Waals surface area contributed by atoms with Crippen molar-refractivity contribution >= 4 is 5.69 Å². The molecule has 90 valence electrons. The molecule has 1 N–H and O–H groups in total. The zero-order valence-corrected chi connectivity index (χ0v) is 10.3. The molecule has 2 atom stereocenters. The third-order valence-electron chi connectivity index (χ3n) is 3.37. The van der Waals surface area contributed by atoms with Crippen LogP contribution in [-0.2, 0) is 0 Å². The van der Waals surface area contributed by atoms with E-state index in [-0.39, 0.29) is 0 Å². The van der Waals surface area contributed by atoms with Crippen LogP contribution < -0.4 is 4.90 Å². The summed E-state index contributed by atoms with van der Waals surface area (Å²) in [5.41, 5.74) is 2.59. The molecule has 0 saturated carbocycles. The lowest BCUT2D eigenvalue weighted by Crippen LogP contribution is -2.21. The van der Waals surface area contributed by atoms with E-state index in [0.29, 0.717) is 11.5 Å². The van der Waals surface area contributed by atoms with Crippen LogP contribution in [0.3, 0.4) is 0 Å². The van der Waals surface area contributed by atoms with Crippen molar-refractivity contribution in [3.05, 3.63) is 29.3 Å². The van der Waals surface area contributed by atoms with Crippen LogP contribution in [-0.4, -0.2) is 18.2 Å². The molecule has 1 heterocycles. The first-order chi connectivity index (χ1) is 8.11. The van der Waals surface area contributed by atoms with Gasteiger partial charge in [-0.05, 0) is 31.4 Å². The van der Waals surface area contributed by atoms with Crippen LogP contribution >= 0.6 is 0 Å². The normalized spacial score (nSPS) is 21.3. The van der Waals surface area contributed by atoms with Gasteiger partial charge in [0, 0.05) is 24.3 Å². The maximum atomic E-state index is 9.78. The highest BCUT2D eigenvalue weighted by molar-refractivity contribution is 5.59. The maximum Gasteiger partial charge on any atom is 0.0992 e. The molecule has 0 bridgehead atoms. The van der Waals surface area contributed by atoms with E-state index in [2.05, 4.69) is 17.9 Å². The van der Waals surface area contributed by atoms with Crippen molar-refractivity contribution in [2.75, 3.05) is 18.0 Å². The van der Waals surface area contributed by atoms with Crippen LogP contribution in [0.25, 0.3) is 0 Å². The summed E-state index contributed by atoms with van der Waals surface area (Å²) in [6, 6.07) is 7.68. The number of nitrogens with zero attached hydrogens (tertiary/aromatic N) is 2. The Morgan fingerprint density at radius 1 is 1.53 bits per heavy atom. The van der Waals surface area contributed by atoms with Gasteiger partial charge in [0.05, 0.1) is 17.7 Å². The van der Waals surface area contributed by atoms with Crippen molar-refractivity contribution in [2.24, 2.45) is 5.92 Å². The second-order valence-corrected chi connectivity index (χ2v) is 4.90. The van der Waals surface area contributed by atoms with E-state index in [4.69, 9.17) is 5.26 Å². The Labute approximate surface area is 102 Å². The first-order valence-electron chi connectivity index (χ1n) is 6.09. The minimum absolute atomic E-state index is 0.492. The smallest absolute Gasteiger partial charge is 0.0992 e. The fourth-order valence-electron chi connectivity index (χ4n) is 2.39. The number of benzene rings is 1. The maximum absolute atomic E-state index is 9.78. The molecule has 3 nitrogen and oxygen atoms in total. The van der Waals surface area contributed by atoms with Crippen LogP contribution in [0, 0.1) is 17.2 Å². The molecule has 1 fully saturated rings. The molecule has 17 heavy (non-hydrogen) atoms.